The quantitative estimate of drug-likeness (QED) is 0.908. The highest BCUT2D eigenvalue weighted by Gasteiger charge is 2.06. The Morgan fingerprint density at radius 2 is 2.24 bits per heavy atom. The Morgan fingerprint density at radius 1 is 1.41 bits per heavy atom. The van der Waals surface area contributed by atoms with Gasteiger partial charge < -0.3 is 15.1 Å². The molecule has 0 saturated heterocycles. The van der Waals surface area contributed by atoms with Crippen molar-refractivity contribution in [1.29, 1.82) is 0 Å². The molecule has 0 spiro atoms. The zero-order chi connectivity index (χ0) is 12.3. The number of aromatic nitrogens is 2. The molecule has 1 heterocycles. The van der Waals surface area contributed by atoms with E-state index >= 15 is 0 Å². The third-order valence-corrected chi connectivity index (χ3v) is 3.20. The van der Waals surface area contributed by atoms with Crippen molar-refractivity contribution < 1.29 is 4.42 Å². The predicted octanol–water partition coefficient (Wildman–Crippen LogP) is 2.95. The Kier molecular flexibility index (Phi) is 3.98. The van der Waals surface area contributed by atoms with Gasteiger partial charge >= 0.3 is 6.01 Å². The Bertz CT molecular complexity index is 517. The van der Waals surface area contributed by atoms with Crippen molar-refractivity contribution >= 4 is 39.2 Å². The maximum absolute atomic E-state index is 5.97. The first kappa shape index (κ1) is 12.3. The monoisotopic (exact) mass is 316 g/mol. The van der Waals surface area contributed by atoms with Crippen LogP contribution in [0.5, 0.6) is 0 Å². The number of anilines is 2. The molecule has 7 heteroatoms. The summed E-state index contributed by atoms with van der Waals surface area (Å²) in [5.41, 5.74) is 0.790. The minimum Gasteiger partial charge on any atom is -0.406 e. The lowest BCUT2D eigenvalue weighted by atomic mass is 10.3. The number of halogens is 2. The van der Waals surface area contributed by atoms with Gasteiger partial charge in [0, 0.05) is 10.2 Å². The lowest BCUT2D eigenvalue weighted by Gasteiger charge is -2.02. The fraction of sp³-hybridized carbons (Fsp3) is 0.200. The lowest BCUT2D eigenvalue weighted by Crippen LogP contribution is -2.04. The summed E-state index contributed by atoms with van der Waals surface area (Å²) >= 11 is 9.29. The molecule has 1 aromatic heterocycles. The molecule has 2 rings (SSSR count). The molecular formula is C10H10BrClN4O. The Labute approximate surface area is 112 Å². The highest BCUT2D eigenvalue weighted by molar-refractivity contribution is 9.10. The zero-order valence-electron chi connectivity index (χ0n) is 9.00. The molecule has 0 atom stereocenters. The molecule has 0 amide bonds. The van der Waals surface area contributed by atoms with E-state index in [1.54, 1.807) is 6.07 Å². The zero-order valence-corrected chi connectivity index (χ0v) is 11.3. The molecule has 0 aliphatic heterocycles. The summed E-state index contributed by atoms with van der Waals surface area (Å²) in [6, 6.07) is 5.81. The second-order valence-electron chi connectivity index (χ2n) is 3.29. The molecule has 0 unspecified atom stereocenters. The van der Waals surface area contributed by atoms with Crippen LogP contribution in [0.2, 0.25) is 5.02 Å². The van der Waals surface area contributed by atoms with Crippen LogP contribution in [0, 0.1) is 0 Å². The van der Waals surface area contributed by atoms with E-state index in [-0.39, 0.29) is 0 Å². The smallest absolute Gasteiger partial charge is 0.320 e. The van der Waals surface area contributed by atoms with E-state index in [1.807, 2.05) is 19.2 Å². The van der Waals surface area contributed by atoms with Crippen molar-refractivity contribution in [3.05, 3.63) is 33.6 Å². The molecule has 0 radical (unpaired) electrons. The molecule has 90 valence electrons. The van der Waals surface area contributed by atoms with Crippen molar-refractivity contribution in [2.24, 2.45) is 0 Å². The van der Waals surface area contributed by atoms with E-state index in [0.717, 1.165) is 10.2 Å². The molecule has 5 nitrogen and oxygen atoms in total. The molecule has 0 bridgehead atoms. The number of hydrogen-bond donors (Lipinski definition) is 2. The highest BCUT2D eigenvalue weighted by atomic mass is 79.9. The highest BCUT2D eigenvalue weighted by Crippen LogP contribution is 2.26. The summed E-state index contributed by atoms with van der Waals surface area (Å²) in [6.45, 7) is 0.537. The van der Waals surface area contributed by atoms with Crippen molar-refractivity contribution in [1.82, 2.24) is 15.5 Å². The van der Waals surface area contributed by atoms with Gasteiger partial charge in [-0.15, -0.1) is 5.10 Å². The molecule has 0 aliphatic rings. The van der Waals surface area contributed by atoms with Gasteiger partial charge in [0.05, 0.1) is 11.6 Å². The van der Waals surface area contributed by atoms with Gasteiger partial charge in [0.25, 0.3) is 0 Å². The van der Waals surface area contributed by atoms with E-state index in [0.29, 0.717) is 23.5 Å². The summed E-state index contributed by atoms with van der Waals surface area (Å²) in [6.07, 6.45) is 0. The standard InChI is InChI=1S/C10H10BrClN4O/c1-13-5-9-15-16-10(17-9)14-6-2-3-7(11)8(12)4-6/h2-4,13H,5H2,1H3,(H,14,16). The van der Waals surface area contributed by atoms with Crippen LogP contribution in [0.3, 0.4) is 0 Å². The second-order valence-corrected chi connectivity index (χ2v) is 4.55. The number of hydrogen-bond acceptors (Lipinski definition) is 5. The van der Waals surface area contributed by atoms with E-state index in [9.17, 15) is 0 Å². The van der Waals surface area contributed by atoms with Crippen LogP contribution in [0.25, 0.3) is 0 Å². The van der Waals surface area contributed by atoms with Crippen molar-refractivity contribution in [3.63, 3.8) is 0 Å². The first-order valence-corrected chi connectivity index (χ1v) is 6.05. The van der Waals surface area contributed by atoms with Gasteiger partial charge in [-0.05, 0) is 41.2 Å². The summed E-state index contributed by atoms with van der Waals surface area (Å²) in [7, 11) is 1.81. The molecule has 0 aliphatic carbocycles. The third-order valence-electron chi connectivity index (χ3n) is 1.97. The van der Waals surface area contributed by atoms with E-state index < -0.39 is 0 Å². The maximum atomic E-state index is 5.97. The van der Waals surface area contributed by atoms with Gasteiger partial charge in [0.1, 0.15) is 0 Å². The molecular weight excluding hydrogens is 307 g/mol. The molecule has 2 N–H and O–H groups in total. The number of nitrogens with one attached hydrogen (secondary N) is 2. The van der Waals surface area contributed by atoms with Gasteiger partial charge in [-0.25, -0.2) is 0 Å². The number of nitrogens with zero attached hydrogens (tertiary/aromatic N) is 2. The maximum Gasteiger partial charge on any atom is 0.320 e. The fourth-order valence-electron chi connectivity index (χ4n) is 1.22. The molecule has 0 saturated carbocycles. The molecule has 1 aromatic carbocycles. The van der Waals surface area contributed by atoms with Crippen LogP contribution in [0.1, 0.15) is 5.89 Å². The third kappa shape index (κ3) is 3.18. The largest absolute Gasteiger partial charge is 0.406 e. The molecule has 2 aromatic rings. The summed E-state index contributed by atoms with van der Waals surface area (Å²) in [4.78, 5) is 0. The number of benzene rings is 1. The van der Waals surface area contributed by atoms with Gasteiger partial charge in [-0.3, -0.25) is 0 Å². The Balaban J connectivity index is 2.11. The normalized spacial score (nSPS) is 10.5. The SMILES string of the molecule is CNCc1nnc(Nc2ccc(Br)c(Cl)c2)o1. The average Bonchev–Trinajstić information content (AvgIpc) is 2.72. The minimum atomic E-state index is 0.341. The fourth-order valence-corrected chi connectivity index (χ4v) is 1.65. The van der Waals surface area contributed by atoms with Gasteiger partial charge in [-0.2, -0.15) is 0 Å². The van der Waals surface area contributed by atoms with Crippen LogP contribution >= 0.6 is 27.5 Å². The van der Waals surface area contributed by atoms with E-state index in [4.69, 9.17) is 16.0 Å². The van der Waals surface area contributed by atoms with Gasteiger partial charge in [0.15, 0.2) is 0 Å². The Morgan fingerprint density at radius 3 is 2.94 bits per heavy atom. The number of rotatable bonds is 4. The van der Waals surface area contributed by atoms with Crippen LogP contribution in [-0.2, 0) is 6.54 Å². The second kappa shape index (κ2) is 5.48. The van der Waals surface area contributed by atoms with Crippen molar-refractivity contribution in [2.75, 3.05) is 12.4 Å². The van der Waals surface area contributed by atoms with Crippen LogP contribution in [0.4, 0.5) is 11.7 Å². The van der Waals surface area contributed by atoms with Crippen LogP contribution in [0.15, 0.2) is 27.1 Å². The lowest BCUT2D eigenvalue weighted by molar-refractivity contribution is 0.493. The first-order valence-electron chi connectivity index (χ1n) is 4.88. The van der Waals surface area contributed by atoms with Crippen molar-refractivity contribution in [2.45, 2.75) is 6.54 Å². The van der Waals surface area contributed by atoms with E-state index in [1.165, 1.54) is 0 Å². The topological polar surface area (TPSA) is 63.0 Å². The summed E-state index contributed by atoms with van der Waals surface area (Å²) < 4.78 is 6.19. The minimum absolute atomic E-state index is 0.341. The first-order chi connectivity index (χ1) is 8.19. The van der Waals surface area contributed by atoms with Gasteiger partial charge in [0.2, 0.25) is 5.89 Å². The summed E-state index contributed by atoms with van der Waals surface area (Å²) in [5.74, 6) is 0.526. The van der Waals surface area contributed by atoms with E-state index in [2.05, 4.69) is 36.8 Å². The molecule has 17 heavy (non-hydrogen) atoms. The average molecular weight is 318 g/mol. The van der Waals surface area contributed by atoms with Gasteiger partial charge in [-0.1, -0.05) is 16.7 Å². The van der Waals surface area contributed by atoms with Crippen molar-refractivity contribution in [3.8, 4) is 0 Å². The van der Waals surface area contributed by atoms with Crippen LogP contribution < -0.4 is 10.6 Å². The summed E-state index contributed by atoms with van der Waals surface area (Å²) in [5, 5.41) is 14.2. The molecule has 0 fully saturated rings. The Hall–Kier alpha value is -1.11. The predicted molar refractivity (Wildman–Crippen MR) is 69.5 cm³/mol. The van der Waals surface area contributed by atoms with Crippen LogP contribution in [-0.4, -0.2) is 17.2 Å².